The van der Waals surface area contributed by atoms with Crippen LogP contribution in [0.2, 0.25) is 0 Å². The Morgan fingerprint density at radius 2 is 1.79 bits per heavy atom. The molecule has 0 spiro atoms. The molecule has 2 aliphatic heterocycles. The normalized spacial score (nSPS) is 22.3. The van der Waals surface area contributed by atoms with Crippen LogP contribution in [0.4, 0.5) is 0 Å². The molecule has 0 radical (unpaired) electrons. The first kappa shape index (κ1) is 17.4. The third-order valence-electron chi connectivity index (χ3n) is 4.85. The summed E-state index contributed by atoms with van der Waals surface area (Å²) in [6, 6.07) is 8.57. The van der Waals surface area contributed by atoms with Crippen molar-refractivity contribution in [2.45, 2.75) is 58.3 Å². The minimum Gasteiger partial charge on any atom is -0.348 e. The minimum absolute atomic E-state index is 0.0777. The van der Waals surface area contributed by atoms with Crippen molar-refractivity contribution < 1.29 is 14.3 Å². The van der Waals surface area contributed by atoms with Crippen LogP contribution in [0.1, 0.15) is 44.2 Å². The lowest BCUT2D eigenvalue weighted by atomic mass is 9.99. The van der Waals surface area contributed by atoms with Gasteiger partial charge in [-0.15, -0.1) is 0 Å². The number of likely N-dealkylation sites (tertiary alicyclic amines) is 1. The number of nitrogens with zero attached hydrogens (tertiary/aromatic N) is 1. The standard InChI is InChI=1S/C20H29NO3/c1-15(2)13-16-6-8-17(9-7-16)14-19(22)21-10-4-3-5-18(21)20-23-11-12-24-20/h6-9,15,18,20H,3-5,10-14H2,1-2H3. The van der Waals surface area contributed by atoms with Crippen molar-refractivity contribution in [3.05, 3.63) is 35.4 Å². The summed E-state index contributed by atoms with van der Waals surface area (Å²) < 4.78 is 11.3. The molecule has 2 saturated heterocycles. The zero-order valence-electron chi connectivity index (χ0n) is 14.9. The summed E-state index contributed by atoms with van der Waals surface area (Å²) in [4.78, 5) is 14.8. The van der Waals surface area contributed by atoms with Gasteiger partial charge in [0.25, 0.3) is 0 Å². The molecular weight excluding hydrogens is 302 g/mol. The summed E-state index contributed by atoms with van der Waals surface area (Å²) >= 11 is 0. The molecule has 2 fully saturated rings. The van der Waals surface area contributed by atoms with Crippen molar-refractivity contribution in [3.8, 4) is 0 Å². The Morgan fingerprint density at radius 3 is 2.46 bits per heavy atom. The molecule has 24 heavy (non-hydrogen) atoms. The summed E-state index contributed by atoms with van der Waals surface area (Å²) in [5.41, 5.74) is 2.43. The average molecular weight is 331 g/mol. The molecule has 3 rings (SSSR count). The van der Waals surface area contributed by atoms with Gasteiger partial charge in [-0.2, -0.15) is 0 Å². The lowest BCUT2D eigenvalue weighted by Gasteiger charge is -2.38. The maximum Gasteiger partial charge on any atom is 0.227 e. The van der Waals surface area contributed by atoms with Gasteiger partial charge in [0.15, 0.2) is 6.29 Å². The molecule has 1 aromatic rings. The smallest absolute Gasteiger partial charge is 0.227 e. The van der Waals surface area contributed by atoms with E-state index in [1.165, 1.54) is 5.56 Å². The van der Waals surface area contributed by atoms with E-state index in [9.17, 15) is 4.79 Å². The van der Waals surface area contributed by atoms with Crippen LogP contribution >= 0.6 is 0 Å². The summed E-state index contributed by atoms with van der Waals surface area (Å²) in [5.74, 6) is 0.841. The lowest BCUT2D eigenvalue weighted by Crippen LogP contribution is -2.50. The molecule has 0 bridgehead atoms. The first-order valence-corrected chi connectivity index (χ1v) is 9.24. The summed E-state index contributed by atoms with van der Waals surface area (Å²) in [6.07, 6.45) is 4.50. The van der Waals surface area contributed by atoms with Gasteiger partial charge in [0.05, 0.1) is 25.7 Å². The Morgan fingerprint density at radius 1 is 1.12 bits per heavy atom. The number of hydrogen-bond acceptors (Lipinski definition) is 3. The predicted molar refractivity (Wildman–Crippen MR) is 93.7 cm³/mol. The van der Waals surface area contributed by atoms with Crippen LogP contribution in [0, 0.1) is 5.92 Å². The second-order valence-corrected chi connectivity index (χ2v) is 7.35. The molecule has 1 atom stereocenters. The van der Waals surface area contributed by atoms with E-state index >= 15 is 0 Å². The van der Waals surface area contributed by atoms with Crippen LogP contribution < -0.4 is 0 Å². The first-order valence-electron chi connectivity index (χ1n) is 9.24. The average Bonchev–Trinajstić information content (AvgIpc) is 3.10. The molecule has 0 saturated carbocycles. The van der Waals surface area contributed by atoms with Crippen LogP contribution in [-0.2, 0) is 27.1 Å². The van der Waals surface area contributed by atoms with Gasteiger partial charge in [-0.1, -0.05) is 38.1 Å². The molecule has 1 aromatic carbocycles. The molecule has 4 heteroatoms. The highest BCUT2D eigenvalue weighted by Gasteiger charge is 2.35. The number of carbonyl (C=O) groups is 1. The fraction of sp³-hybridized carbons (Fsp3) is 0.650. The van der Waals surface area contributed by atoms with Gasteiger partial charge in [0.2, 0.25) is 5.91 Å². The van der Waals surface area contributed by atoms with E-state index in [1.54, 1.807) is 0 Å². The van der Waals surface area contributed by atoms with Gasteiger partial charge < -0.3 is 14.4 Å². The van der Waals surface area contributed by atoms with Crippen molar-refractivity contribution >= 4 is 5.91 Å². The fourth-order valence-corrected chi connectivity index (χ4v) is 3.69. The summed E-state index contributed by atoms with van der Waals surface area (Å²) in [6.45, 7) is 6.54. The monoisotopic (exact) mass is 331 g/mol. The molecule has 0 N–H and O–H groups in total. The van der Waals surface area contributed by atoms with Gasteiger partial charge in [-0.3, -0.25) is 4.79 Å². The van der Waals surface area contributed by atoms with Gasteiger partial charge >= 0.3 is 0 Å². The zero-order valence-corrected chi connectivity index (χ0v) is 14.9. The maximum atomic E-state index is 12.8. The third kappa shape index (κ3) is 4.37. The van der Waals surface area contributed by atoms with E-state index < -0.39 is 0 Å². The van der Waals surface area contributed by atoms with Crippen molar-refractivity contribution in [2.75, 3.05) is 19.8 Å². The van der Waals surface area contributed by atoms with Gasteiger partial charge in [0, 0.05) is 6.54 Å². The number of amides is 1. The van der Waals surface area contributed by atoms with Crippen molar-refractivity contribution in [2.24, 2.45) is 5.92 Å². The Bertz CT molecular complexity index is 534. The van der Waals surface area contributed by atoms with E-state index in [2.05, 4.69) is 38.1 Å². The Hall–Kier alpha value is -1.39. The number of hydrogen-bond donors (Lipinski definition) is 0. The lowest BCUT2D eigenvalue weighted by molar-refractivity contribution is -0.149. The van der Waals surface area contributed by atoms with Crippen LogP contribution in [0.5, 0.6) is 0 Å². The predicted octanol–water partition coefficient (Wildman–Crippen LogP) is 3.18. The largest absolute Gasteiger partial charge is 0.348 e. The van der Waals surface area contributed by atoms with Gasteiger partial charge in [-0.25, -0.2) is 0 Å². The Kier molecular flexibility index (Phi) is 5.90. The van der Waals surface area contributed by atoms with E-state index in [4.69, 9.17) is 9.47 Å². The molecule has 0 aliphatic carbocycles. The van der Waals surface area contributed by atoms with Crippen molar-refractivity contribution in [1.82, 2.24) is 4.90 Å². The number of carbonyl (C=O) groups excluding carboxylic acids is 1. The van der Waals surface area contributed by atoms with Crippen LogP contribution in [-0.4, -0.2) is 42.9 Å². The van der Waals surface area contributed by atoms with E-state index in [0.717, 1.165) is 37.8 Å². The molecular formula is C20H29NO3. The number of ether oxygens (including phenoxy) is 2. The quantitative estimate of drug-likeness (QED) is 0.832. The van der Waals surface area contributed by atoms with E-state index in [1.807, 2.05) is 4.90 Å². The number of benzene rings is 1. The SMILES string of the molecule is CC(C)Cc1ccc(CC(=O)N2CCCCC2C2OCCO2)cc1. The van der Waals surface area contributed by atoms with Crippen LogP contribution in [0.25, 0.3) is 0 Å². The molecule has 1 unspecified atom stereocenters. The second-order valence-electron chi connectivity index (χ2n) is 7.35. The molecule has 132 valence electrons. The Balaban J connectivity index is 1.62. The van der Waals surface area contributed by atoms with Gasteiger partial charge in [0.1, 0.15) is 0 Å². The number of rotatable bonds is 5. The topological polar surface area (TPSA) is 38.8 Å². The third-order valence-corrected chi connectivity index (χ3v) is 4.85. The first-order chi connectivity index (χ1) is 11.6. The number of piperidine rings is 1. The maximum absolute atomic E-state index is 12.8. The molecule has 0 aromatic heterocycles. The summed E-state index contributed by atoms with van der Waals surface area (Å²) in [7, 11) is 0. The highest BCUT2D eigenvalue weighted by atomic mass is 16.7. The minimum atomic E-state index is -0.234. The zero-order chi connectivity index (χ0) is 16.9. The van der Waals surface area contributed by atoms with E-state index in [-0.39, 0.29) is 18.2 Å². The van der Waals surface area contributed by atoms with Crippen molar-refractivity contribution in [3.63, 3.8) is 0 Å². The van der Waals surface area contributed by atoms with Crippen LogP contribution in [0.15, 0.2) is 24.3 Å². The molecule has 1 amide bonds. The highest BCUT2D eigenvalue weighted by molar-refractivity contribution is 5.79. The molecule has 2 heterocycles. The van der Waals surface area contributed by atoms with Crippen LogP contribution in [0.3, 0.4) is 0 Å². The van der Waals surface area contributed by atoms with Gasteiger partial charge in [-0.05, 0) is 42.7 Å². The fourth-order valence-electron chi connectivity index (χ4n) is 3.69. The second kappa shape index (κ2) is 8.13. The van der Waals surface area contributed by atoms with Crippen molar-refractivity contribution in [1.29, 1.82) is 0 Å². The van der Waals surface area contributed by atoms with E-state index in [0.29, 0.717) is 25.6 Å². The molecule has 2 aliphatic rings. The Labute approximate surface area is 145 Å². The molecule has 4 nitrogen and oxygen atoms in total. The highest BCUT2D eigenvalue weighted by Crippen LogP contribution is 2.25. The summed E-state index contributed by atoms with van der Waals surface area (Å²) in [5, 5.41) is 0.